The molecule has 20 heavy (non-hydrogen) atoms. The van der Waals surface area contributed by atoms with Crippen molar-refractivity contribution in [1.29, 1.82) is 5.26 Å². The second-order valence-corrected chi connectivity index (χ2v) is 7.05. The van der Waals surface area contributed by atoms with E-state index in [1.165, 1.54) is 4.88 Å². The molecule has 1 fully saturated rings. The third-order valence-corrected chi connectivity index (χ3v) is 5.16. The van der Waals surface area contributed by atoms with E-state index in [2.05, 4.69) is 23.5 Å². The van der Waals surface area contributed by atoms with Crippen LogP contribution < -0.4 is 5.32 Å². The van der Waals surface area contributed by atoms with Gasteiger partial charge in [-0.3, -0.25) is 0 Å². The molecule has 3 rings (SSSR count). The minimum Gasteiger partial charge on any atom is -0.309 e. The molecular formula is C16H15ClN2S. The summed E-state index contributed by atoms with van der Waals surface area (Å²) in [5, 5.41) is 13.0. The first-order valence-electron chi connectivity index (χ1n) is 6.66. The minimum atomic E-state index is -0.300. The molecule has 0 saturated heterocycles. The maximum atomic E-state index is 9.50. The lowest BCUT2D eigenvalue weighted by Crippen LogP contribution is -2.50. The second-order valence-electron chi connectivity index (χ2n) is 5.25. The summed E-state index contributed by atoms with van der Waals surface area (Å²) >= 11 is 7.52. The summed E-state index contributed by atoms with van der Waals surface area (Å²) in [5.41, 5.74) is 0.839. The van der Waals surface area contributed by atoms with Crippen molar-refractivity contribution in [2.75, 3.05) is 0 Å². The molecule has 0 aliphatic heterocycles. The number of halogens is 1. The first-order chi connectivity index (χ1) is 9.72. The normalized spacial score (nSPS) is 24.9. The Labute approximate surface area is 128 Å². The highest BCUT2D eigenvalue weighted by Crippen LogP contribution is 2.43. The van der Waals surface area contributed by atoms with E-state index < -0.39 is 0 Å². The zero-order valence-corrected chi connectivity index (χ0v) is 12.5. The highest BCUT2D eigenvalue weighted by Gasteiger charge is 2.45. The minimum absolute atomic E-state index is 0.300. The van der Waals surface area contributed by atoms with E-state index in [0.29, 0.717) is 6.04 Å². The van der Waals surface area contributed by atoms with Crippen LogP contribution in [0.1, 0.15) is 23.3 Å². The van der Waals surface area contributed by atoms with Crippen molar-refractivity contribution in [3.8, 4) is 6.07 Å². The number of thiophene rings is 1. The van der Waals surface area contributed by atoms with Crippen LogP contribution in [-0.4, -0.2) is 6.04 Å². The predicted octanol–water partition coefficient (Wildman–Crippen LogP) is 4.12. The van der Waals surface area contributed by atoms with Gasteiger partial charge in [0.25, 0.3) is 0 Å². The molecule has 4 heteroatoms. The molecule has 0 amide bonds. The monoisotopic (exact) mass is 302 g/mol. The predicted molar refractivity (Wildman–Crippen MR) is 82.9 cm³/mol. The van der Waals surface area contributed by atoms with E-state index in [1.54, 1.807) is 11.3 Å². The van der Waals surface area contributed by atoms with Crippen molar-refractivity contribution in [2.45, 2.75) is 30.8 Å². The largest absolute Gasteiger partial charge is 0.309 e. The van der Waals surface area contributed by atoms with Gasteiger partial charge in [-0.15, -0.1) is 11.3 Å². The van der Waals surface area contributed by atoms with Crippen LogP contribution in [-0.2, 0) is 12.0 Å². The van der Waals surface area contributed by atoms with Gasteiger partial charge >= 0.3 is 0 Å². The molecule has 102 valence electrons. The SMILES string of the molecule is N#CC1(c2ccccc2)CC(NCc2ccc(Cl)s2)C1. The summed E-state index contributed by atoms with van der Waals surface area (Å²) in [4.78, 5) is 1.24. The van der Waals surface area contributed by atoms with Crippen LogP contribution >= 0.6 is 22.9 Å². The molecule has 1 aliphatic carbocycles. The molecule has 0 spiro atoms. The van der Waals surface area contributed by atoms with Crippen molar-refractivity contribution in [3.63, 3.8) is 0 Å². The summed E-state index contributed by atoms with van der Waals surface area (Å²) in [6.07, 6.45) is 1.76. The zero-order chi connectivity index (χ0) is 14.0. The average molecular weight is 303 g/mol. The summed E-state index contributed by atoms with van der Waals surface area (Å²) < 4.78 is 0.825. The Kier molecular flexibility index (Phi) is 3.80. The molecule has 1 aromatic carbocycles. The van der Waals surface area contributed by atoms with Gasteiger partial charge in [-0.05, 0) is 30.5 Å². The molecule has 0 unspecified atom stereocenters. The maximum Gasteiger partial charge on any atom is 0.0931 e. The van der Waals surface area contributed by atoms with Crippen LogP contribution in [0.4, 0.5) is 0 Å². The van der Waals surface area contributed by atoms with E-state index in [4.69, 9.17) is 11.6 Å². The molecule has 2 aromatic rings. The fourth-order valence-corrected chi connectivity index (χ4v) is 3.80. The van der Waals surface area contributed by atoms with E-state index in [9.17, 15) is 5.26 Å². The van der Waals surface area contributed by atoms with Crippen molar-refractivity contribution in [3.05, 3.63) is 57.2 Å². The van der Waals surface area contributed by atoms with Crippen LogP contribution in [0.3, 0.4) is 0 Å². The van der Waals surface area contributed by atoms with Crippen molar-refractivity contribution in [1.82, 2.24) is 5.32 Å². The van der Waals surface area contributed by atoms with Crippen LogP contribution in [0, 0.1) is 11.3 Å². The number of benzene rings is 1. The molecule has 1 heterocycles. The maximum absolute atomic E-state index is 9.50. The van der Waals surface area contributed by atoms with Gasteiger partial charge < -0.3 is 5.32 Å². The van der Waals surface area contributed by atoms with Crippen LogP contribution in [0.5, 0.6) is 0 Å². The lowest BCUT2D eigenvalue weighted by Gasteiger charge is -2.43. The van der Waals surface area contributed by atoms with Crippen molar-refractivity contribution < 1.29 is 0 Å². The fraction of sp³-hybridized carbons (Fsp3) is 0.312. The number of nitrogens with zero attached hydrogens (tertiary/aromatic N) is 1. The topological polar surface area (TPSA) is 35.8 Å². The molecule has 2 nitrogen and oxygen atoms in total. The summed E-state index contributed by atoms with van der Waals surface area (Å²) in [7, 11) is 0. The third-order valence-electron chi connectivity index (χ3n) is 3.92. The number of nitriles is 1. The summed E-state index contributed by atoms with van der Waals surface area (Å²) in [6.45, 7) is 0.832. The number of nitrogens with one attached hydrogen (secondary N) is 1. The Morgan fingerprint density at radius 2 is 2.00 bits per heavy atom. The Morgan fingerprint density at radius 1 is 1.25 bits per heavy atom. The molecule has 0 atom stereocenters. The Bertz CT molecular complexity index is 623. The quantitative estimate of drug-likeness (QED) is 0.922. The fourth-order valence-electron chi connectivity index (χ4n) is 2.77. The molecule has 1 aliphatic rings. The average Bonchev–Trinajstić information content (AvgIpc) is 2.85. The standard InChI is InChI=1S/C16H15ClN2S/c17-15-7-6-14(20-15)10-19-13-8-16(9-13,11-18)12-4-2-1-3-5-12/h1-7,13,19H,8-10H2. The van der Waals surface area contributed by atoms with Gasteiger partial charge in [0, 0.05) is 17.5 Å². The van der Waals surface area contributed by atoms with Gasteiger partial charge in [0.1, 0.15) is 0 Å². The van der Waals surface area contributed by atoms with Gasteiger partial charge in [0.15, 0.2) is 0 Å². The second kappa shape index (κ2) is 5.57. The van der Waals surface area contributed by atoms with E-state index >= 15 is 0 Å². The van der Waals surface area contributed by atoms with Crippen LogP contribution in [0.15, 0.2) is 42.5 Å². The number of hydrogen-bond donors (Lipinski definition) is 1. The number of rotatable bonds is 4. The third kappa shape index (κ3) is 2.60. The van der Waals surface area contributed by atoms with Crippen molar-refractivity contribution in [2.24, 2.45) is 0 Å². The lowest BCUT2D eigenvalue weighted by molar-refractivity contribution is 0.226. The Morgan fingerprint density at radius 3 is 2.60 bits per heavy atom. The Balaban J connectivity index is 1.58. The van der Waals surface area contributed by atoms with Crippen LogP contribution in [0.25, 0.3) is 0 Å². The molecule has 1 aromatic heterocycles. The molecule has 0 bridgehead atoms. The molecule has 1 N–H and O–H groups in total. The first-order valence-corrected chi connectivity index (χ1v) is 7.86. The molecule has 0 radical (unpaired) electrons. The highest BCUT2D eigenvalue weighted by atomic mass is 35.5. The first kappa shape index (κ1) is 13.6. The molecular weight excluding hydrogens is 288 g/mol. The highest BCUT2D eigenvalue weighted by molar-refractivity contribution is 7.16. The van der Waals surface area contributed by atoms with Gasteiger partial charge in [-0.1, -0.05) is 41.9 Å². The summed E-state index contributed by atoms with van der Waals surface area (Å²) in [5.74, 6) is 0. The van der Waals surface area contributed by atoms with Gasteiger partial charge in [0.05, 0.1) is 15.8 Å². The van der Waals surface area contributed by atoms with E-state index in [-0.39, 0.29) is 5.41 Å². The van der Waals surface area contributed by atoms with E-state index in [0.717, 1.165) is 29.3 Å². The smallest absolute Gasteiger partial charge is 0.0931 e. The molecule has 1 saturated carbocycles. The van der Waals surface area contributed by atoms with Crippen molar-refractivity contribution >= 4 is 22.9 Å². The number of hydrogen-bond acceptors (Lipinski definition) is 3. The van der Waals surface area contributed by atoms with E-state index in [1.807, 2.05) is 30.3 Å². The van der Waals surface area contributed by atoms with Gasteiger partial charge in [-0.25, -0.2) is 0 Å². The van der Waals surface area contributed by atoms with Gasteiger partial charge in [0.2, 0.25) is 0 Å². The van der Waals surface area contributed by atoms with Crippen LogP contribution in [0.2, 0.25) is 4.34 Å². The Hall–Kier alpha value is -1.34. The zero-order valence-electron chi connectivity index (χ0n) is 11.0. The lowest BCUT2D eigenvalue weighted by atomic mass is 9.62. The van der Waals surface area contributed by atoms with Gasteiger partial charge in [-0.2, -0.15) is 5.26 Å². The summed E-state index contributed by atoms with van der Waals surface area (Å²) in [6, 6.07) is 17.0.